The predicted molar refractivity (Wildman–Crippen MR) is 191 cm³/mol. The largest absolute Gasteiger partial charge is 0.479 e. The third-order valence-electron chi connectivity index (χ3n) is 11.1. The molecular formula is C36H70O12Si. The minimum absolute atomic E-state index is 0.0798. The molecule has 12 nitrogen and oxygen atoms in total. The number of aliphatic carboxylic acids is 1. The SMILES string of the molecule is CCC(/C=C(/C)C(O)C[C@@H](C[C@@H](O)C(C)(C)C1(O)O[C@H](C[C@H](OC)[C@H](OCOC)C(=O)O)C[C@H](OC)[C@@H]1C)OC)CO[Si](C)(C)C(C)(C)C. The van der Waals surface area contributed by atoms with Crippen molar-refractivity contribution in [1.82, 2.24) is 0 Å². The van der Waals surface area contributed by atoms with E-state index >= 15 is 0 Å². The minimum atomic E-state index is -1.91. The van der Waals surface area contributed by atoms with Crippen LogP contribution in [0.2, 0.25) is 18.1 Å². The zero-order chi connectivity index (χ0) is 38.0. The van der Waals surface area contributed by atoms with Crippen LogP contribution in [0.4, 0.5) is 0 Å². The van der Waals surface area contributed by atoms with Crippen LogP contribution >= 0.6 is 0 Å². The molecule has 1 aliphatic heterocycles. The first-order valence-electron chi connectivity index (χ1n) is 17.6. The third kappa shape index (κ3) is 12.3. The predicted octanol–water partition coefficient (Wildman–Crippen LogP) is 5.13. The van der Waals surface area contributed by atoms with Gasteiger partial charge in [-0.1, -0.05) is 54.5 Å². The fraction of sp³-hybridized carbons (Fsp3) is 0.917. The molecule has 4 N–H and O–H groups in total. The highest BCUT2D eigenvalue weighted by molar-refractivity contribution is 6.74. The molecule has 0 radical (unpaired) electrons. The Balaban J connectivity index is 3.13. The number of carboxylic acids is 1. The molecule has 0 amide bonds. The van der Waals surface area contributed by atoms with E-state index in [2.05, 4.69) is 46.9 Å². The molecule has 0 aromatic heterocycles. The summed E-state index contributed by atoms with van der Waals surface area (Å²) in [6.07, 6.45) is -2.07. The topological polar surface area (TPSA) is 163 Å². The fourth-order valence-electron chi connectivity index (χ4n) is 6.19. The van der Waals surface area contributed by atoms with Crippen LogP contribution < -0.4 is 0 Å². The summed E-state index contributed by atoms with van der Waals surface area (Å²) in [5, 5.41) is 45.0. The van der Waals surface area contributed by atoms with Crippen LogP contribution in [0.3, 0.4) is 0 Å². The Morgan fingerprint density at radius 2 is 1.67 bits per heavy atom. The molecule has 0 bridgehead atoms. The van der Waals surface area contributed by atoms with Crippen molar-refractivity contribution >= 4 is 14.3 Å². The minimum Gasteiger partial charge on any atom is -0.479 e. The van der Waals surface area contributed by atoms with Gasteiger partial charge >= 0.3 is 5.97 Å². The van der Waals surface area contributed by atoms with Crippen LogP contribution in [-0.2, 0) is 37.6 Å². The van der Waals surface area contributed by atoms with Gasteiger partial charge in [-0.15, -0.1) is 0 Å². The molecule has 0 aromatic rings. The summed E-state index contributed by atoms with van der Waals surface area (Å²) in [6.45, 7) is 20.7. The number of ether oxygens (including phenoxy) is 6. The summed E-state index contributed by atoms with van der Waals surface area (Å²) in [5.74, 6) is -3.50. The number of aliphatic hydroxyl groups excluding tert-OH is 2. The van der Waals surface area contributed by atoms with Crippen molar-refractivity contribution in [3.8, 4) is 0 Å². The van der Waals surface area contributed by atoms with Gasteiger partial charge in [-0.25, -0.2) is 4.79 Å². The maximum Gasteiger partial charge on any atom is 0.335 e. The van der Waals surface area contributed by atoms with Crippen LogP contribution in [0.1, 0.15) is 87.5 Å². The van der Waals surface area contributed by atoms with Crippen LogP contribution in [0.25, 0.3) is 0 Å². The Hall–Kier alpha value is -0.973. The van der Waals surface area contributed by atoms with Crippen molar-refractivity contribution in [3.05, 3.63) is 11.6 Å². The first-order chi connectivity index (χ1) is 22.6. The summed E-state index contributed by atoms with van der Waals surface area (Å²) in [7, 11) is 3.96. The quantitative estimate of drug-likeness (QED) is 0.0663. The van der Waals surface area contributed by atoms with Crippen molar-refractivity contribution in [1.29, 1.82) is 0 Å². The van der Waals surface area contributed by atoms with E-state index in [1.165, 1.54) is 14.2 Å². The zero-order valence-electron chi connectivity index (χ0n) is 32.8. The summed E-state index contributed by atoms with van der Waals surface area (Å²) >= 11 is 0. The van der Waals surface area contributed by atoms with E-state index in [0.29, 0.717) is 13.0 Å². The Morgan fingerprint density at radius 1 is 1.06 bits per heavy atom. The van der Waals surface area contributed by atoms with Gasteiger partial charge in [0.1, 0.15) is 6.79 Å². The second kappa shape index (κ2) is 19.7. The number of aliphatic hydroxyl groups is 3. The highest BCUT2D eigenvalue weighted by atomic mass is 28.4. The molecule has 49 heavy (non-hydrogen) atoms. The standard InChI is InChI=1S/C36H70O12Si/c1-15-25(21-47-49(13,14)34(4,5)6)16-23(2)28(37)17-26(43-10)20-31(38)35(7,8)36(41)24(3)29(44-11)18-27(48-36)19-30(45-12)32(33(39)40)46-22-42-9/h16,24-32,37-38,41H,15,17-22H2,1-14H3,(H,39,40)/b23-16-/t24-,25?,26-,27-,28?,29-,30-,31+,32-,36?/m0/s1. The molecule has 1 saturated heterocycles. The van der Waals surface area contributed by atoms with E-state index < -0.39 is 74.1 Å². The zero-order valence-corrected chi connectivity index (χ0v) is 33.8. The lowest BCUT2D eigenvalue weighted by Gasteiger charge is -2.55. The Labute approximate surface area is 296 Å². The molecule has 0 aromatic carbocycles. The summed E-state index contributed by atoms with van der Waals surface area (Å²) < 4.78 is 40.1. The van der Waals surface area contributed by atoms with Gasteiger partial charge < -0.3 is 53.3 Å². The Morgan fingerprint density at radius 3 is 2.14 bits per heavy atom. The molecule has 1 aliphatic rings. The monoisotopic (exact) mass is 722 g/mol. The van der Waals surface area contributed by atoms with Crippen LogP contribution in [-0.4, -0.2) is 125 Å². The van der Waals surface area contributed by atoms with Gasteiger partial charge in [0.05, 0.1) is 36.6 Å². The summed E-state index contributed by atoms with van der Waals surface area (Å²) in [5.41, 5.74) is -0.429. The van der Waals surface area contributed by atoms with Crippen molar-refractivity contribution in [3.63, 3.8) is 0 Å². The van der Waals surface area contributed by atoms with Gasteiger partial charge in [0.25, 0.3) is 0 Å². The van der Waals surface area contributed by atoms with Crippen LogP contribution in [0.15, 0.2) is 11.6 Å². The number of carboxylic acid groups (broad SMARTS) is 1. The lowest BCUT2D eigenvalue weighted by Crippen LogP contribution is -2.64. The lowest BCUT2D eigenvalue weighted by atomic mass is 9.67. The Bertz CT molecular complexity index is 1010. The summed E-state index contributed by atoms with van der Waals surface area (Å²) in [4.78, 5) is 12.0. The molecule has 13 heteroatoms. The molecule has 0 saturated carbocycles. The van der Waals surface area contributed by atoms with Gasteiger partial charge in [-0.2, -0.15) is 0 Å². The lowest BCUT2D eigenvalue weighted by molar-refractivity contribution is -0.365. The number of hydrogen-bond donors (Lipinski definition) is 4. The molecule has 3 unspecified atom stereocenters. The van der Waals surface area contributed by atoms with Crippen LogP contribution in [0.5, 0.6) is 0 Å². The van der Waals surface area contributed by atoms with Crippen molar-refractivity contribution in [2.75, 3.05) is 41.8 Å². The number of rotatable bonds is 22. The molecule has 1 rings (SSSR count). The summed E-state index contributed by atoms with van der Waals surface area (Å²) in [6, 6.07) is 0. The second-order valence-corrected chi connectivity index (χ2v) is 20.6. The first-order valence-corrected chi connectivity index (χ1v) is 20.5. The van der Waals surface area contributed by atoms with Gasteiger partial charge in [-0.05, 0) is 43.0 Å². The molecule has 1 heterocycles. The van der Waals surface area contributed by atoms with E-state index in [-0.39, 0.29) is 37.0 Å². The number of carbonyl (C=O) groups is 1. The van der Waals surface area contributed by atoms with E-state index in [9.17, 15) is 25.2 Å². The first kappa shape index (κ1) is 46.0. The second-order valence-electron chi connectivity index (χ2n) is 15.8. The van der Waals surface area contributed by atoms with E-state index in [4.69, 9.17) is 32.8 Å². The molecular weight excluding hydrogens is 652 g/mol. The van der Waals surface area contributed by atoms with Gasteiger partial charge in [0, 0.05) is 72.1 Å². The van der Waals surface area contributed by atoms with Crippen LogP contribution in [0, 0.1) is 17.3 Å². The Kier molecular flexibility index (Phi) is 18.6. The van der Waals surface area contributed by atoms with Gasteiger partial charge in [-0.3, -0.25) is 0 Å². The van der Waals surface area contributed by atoms with Crippen molar-refractivity contribution in [2.24, 2.45) is 17.3 Å². The van der Waals surface area contributed by atoms with Gasteiger partial charge in [0.15, 0.2) is 20.2 Å². The molecule has 0 aliphatic carbocycles. The highest BCUT2D eigenvalue weighted by Crippen LogP contribution is 2.49. The molecule has 10 atom stereocenters. The van der Waals surface area contributed by atoms with E-state index in [0.717, 1.165) is 12.0 Å². The smallest absolute Gasteiger partial charge is 0.335 e. The normalized spacial score (nSPS) is 26.6. The van der Waals surface area contributed by atoms with Crippen molar-refractivity contribution in [2.45, 2.75) is 154 Å². The van der Waals surface area contributed by atoms with Gasteiger partial charge in [0.2, 0.25) is 0 Å². The molecule has 290 valence electrons. The van der Waals surface area contributed by atoms with Crippen molar-refractivity contribution < 1.29 is 58.1 Å². The third-order valence-corrected chi connectivity index (χ3v) is 15.6. The van der Waals surface area contributed by atoms with E-state index in [1.54, 1.807) is 35.0 Å². The fourth-order valence-corrected chi connectivity index (χ4v) is 7.26. The number of methoxy groups -OCH3 is 4. The molecule has 0 spiro atoms. The highest BCUT2D eigenvalue weighted by Gasteiger charge is 2.59. The maximum atomic E-state index is 12.2. The average molecular weight is 723 g/mol. The molecule has 1 fully saturated rings. The average Bonchev–Trinajstić information content (AvgIpc) is 3.02. The maximum absolute atomic E-state index is 12.2. The number of hydrogen-bond acceptors (Lipinski definition) is 11. The van der Waals surface area contributed by atoms with E-state index in [1.807, 2.05) is 6.92 Å².